The first-order valence-corrected chi connectivity index (χ1v) is 8.87. The maximum Gasteiger partial charge on any atom is 0.261 e. The van der Waals surface area contributed by atoms with Crippen LogP contribution in [0.4, 0.5) is 0 Å². The number of carbonyl (C=O) groups is 1. The van der Waals surface area contributed by atoms with E-state index in [4.69, 9.17) is 9.15 Å². The van der Waals surface area contributed by atoms with E-state index in [9.17, 15) is 9.59 Å². The summed E-state index contributed by atoms with van der Waals surface area (Å²) in [5.74, 6) is 0.937. The molecule has 0 saturated carbocycles. The number of hydrogen-bond donors (Lipinski definition) is 1. The number of hydrogen-bond acceptors (Lipinski definition) is 5. The Morgan fingerprint density at radius 1 is 1.25 bits per heavy atom. The molecule has 4 rings (SSSR count). The van der Waals surface area contributed by atoms with Gasteiger partial charge in [0.1, 0.15) is 12.3 Å². The normalized spacial score (nSPS) is 12.2. The molecule has 0 spiro atoms. The second kappa shape index (κ2) is 7.19. The van der Waals surface area contributed by atoms with Crippen molar-refractivity contribution in [3.05, 3.63) is 71.0 Å². The highest BCUT2D eigenvalue weighted by molar-refractivity contribution is 5.84. The average Bonchev–Trinajstić information content (AvgIpc) is 3.15. The molecule has 0 bridgehead atoms. The number of carbonyl (C=O) groups excluding carboxylic acids is 1. The van der Waals surface area contributed by atoms with E-state index in [1.807, 2.05) is 37.3 Å². The highest BCUT2D eigenvalue weighted by Gasteiger charge is 2.17. The molecular weight excluding hydrogens is 358 g/mol. The fourth-order valence-corrected chi connectivity index (χ4v) is 3.16. The molecule has 0 aliphatic rings. The number of benzene rings is 2. The van der Waals surface area contributed by atoms with Crippen LogP contribution in [0.25, 0.3) is 21.9 Å². The minimum atomic E-state index is -0.367. The van der Waals surface area contributed by atoms with Crippen LogP contribution in [-0.2, 0) is 11.3 Å². The van der Waals surface area contributed by atoms with Crippen LogP contribution in [0.2, 0.25) is 0 Å². The van der Waals surface area contributed by atoms with E-state index in [2.05, 4.69) is 10.3 Å². The lowest BCUT2D eigenvalue weighted by Gasteiger charge is -2.12. The third kappa shape index (κ3) is 3.22. The zero-order chi connectivity index (χ0) is 19.7. The smallest absolute Gasteiger partial charge is 0.261 e. The monoisotopic (exact) mass is 377 g/mol. The Kier molecular flexibility index (Phi) is 4.57. The summed E-state index contributed by atoms with van der Waals surface area (Å²) in [7, 11) is 1.58. The third-order valence-corrected chi connectivity index (χ3v) is 4.60. The van der Waals surface area contributed by atoms with Gasteiger partial charge in [0.05, 0.1) is 30.4 Å². The van der Waals surface area contributed by atoms with Crippen molar-refractivity contribution in [2.45, 2.75) is 19.5 Å². The Labute approximate surface area is 160 Å². The highest BCUT2D eigenvalue weighted by Crippen LogP contribution is 2.30. The maximum atomic E-state index is 12.5. The molecule has 0 saturated heterocycles. The van der Waals surface area contributed by atoms with Crippen LogP contribution in [0.15, 0.2) is 64.1 Å². The van der Waals surface area contributed by atoms with Gasteiger partial charge in [-0.1, -0.05) is 24.3 Å². The lowest BCUT2D eigenvalue weighted by Crippen LogP contribution is -2.33. The summed E-state index contributed by atoms with van der Waals surface area (Å²) in [6.07, 6.45) is 1.39. The lowest BCUT2D eigenvalue weighted by molar-refractivity contribution is -0.122. The Morgan fingerprint density at radius 3 is 2.89 bits per heavy atom. The van der Waals surface area contributed by atoms with E-state index >= 15 is 0 Å². The fraction of sp³-hybridized carbons (Fsp3) is 0.190. The second-order valence-corrected chi connectivity index (χ2v) is 6.51. The number of amides is 1. The van der Waals surface area contributed by atoms with Crippen molar-refractivity contribution < 1.29 is 13.9 Å². The Morgan fingerprint density at radius 2 is 2.07 bits per heavy atom. The SMILES string of the molecule is COc1cccc2cc(C(C)NC(=O)Cn3cnc4ccccc4c3=O)oc12. The first kappa shape index (κ1) is 17.8. The quantitative estimate of drug-likeness (QED) is 0.578. The van der Waals surface area contributed by atoms with Crippen LogP contribution >= 0.6 is 0 Å². The average molecular weight is 377 g/mol. The number of furan rings is 1. The molecule has 0 aliphatic heterocycles. The lowest BCUT2D eigenvalue weighted by atomic mass is 10.2. The molecule has 142 valence electrons. The summed E-state index contributed by atoms with van der Waals surface area (Å²) < 4.78 is 12.5. The molecule has 1 atom stereocenters. The highest BCUT2D eigenvalue weighted by atomic mass is 16.5. The molecule has 4 aromatic rings. The minimum Gasteiger partial charge on any atom is -0.493 e. The molecule has 7 heteroatoms. The Hall–Kier alpha value is -3.61. The van der Waals surface area contributed by atoms with Gasteiger partial charge >= 0.3 is 0 Å². The number of nitrogens with one attached hydrogen (secondary N) is 1. The van der Waals surface area contributed by atoms with Crippen LogP contribution < -0.4 is 15.6 Å². The summed E-state index contributed by atoms with van der Waals surface area (Å²) >= 11 is 0. The topological polar surface area (TPSA) is 86.4 Å². The second-order valence-electron chi connectivity index (χ2n) is 6.51. The van der Waals surface area contributed by atoms with E-state index in [0.29, 0.717) is 28.0 Å². The molecule has 1 N–H and O–H groups in total. The molecule has 0 fully saturated rings. The van der Waals surface area contributed by atoms with Gasteiger partial charge in [-0.25, -0.2) is 4.98 Å². The molecular formula is C21H19N3O4. The number of ether oxygens (including phenoxy) is 1. The third-order valence-electron chi connectivity index (χ3n) is 4.60. The van der Waals surface area contributed by atoms with Crippen molar-refractivity contribution in [3.63, 3.8) is 0 Å². The van der Waals surface area contributed by atoms with E-state index in [1.165, 1.54) is 10.9 Å². The molecule has 2 aromatic carbocycles. The van der Waals surface area contributed by atoms with Crippen molar-refractivity contribution in [3.8, 4) is 5.75 Å². The summed E-state index contributed by atoms with van der Waals surface area (Å²) in [4.78, 5) is 29.2. The summed E-state index contributed by atoms with van der Waals surface area (Å²) in [6.45, 7) is 1.70. The van der Waals surface area contributed by atoms with Gasteiger partial charge in [0.2, 0.25) is 5.91 Å². The molecule has 1 amide bonds. The number of para-hydroxylation sites is 2. The molecule has 1 unspecified atom stereocenters. The molecule has 2 aromatic heterocycles. The molecule has 0 aliphatic carbocycles. The van der Waals surface area contributed by atoms with Gasteiger partial charge < -0.3 is 14.5 Å². The summed E-state index contributed by atoms with van der Waals surface area (Å²) in [5.41, 5.74) is 0.992. The van der Waals surface area contributed by atoms with Gasteiger partial charge in [-0.05, 0) is 31.2 Å². The van der Waals surface area contributed by atoms with Gasteiger partial charge in [-0.3, -0.25) is 14.2 Å². The van der Waals surface area contributed by atoms with E-state index < -0.39 is 0 Å². The molecule has 28 heavy (non-hydrogen) atoms. The van der Waals surface area contributed by atoms with Gasteiger partial charge in [0.15, 0.2) is 11.3 Å². The van der Waals surface area contributed by atoms with Gasteiger partial charge in [0, 0.05) is 5.39 Å². The number of rotatable bonds is 5. The Bertz CT molecular complexity index is 1230. The van der Waals surface area contributed by atoms with Crippen LogP contribution in [0, 0.1) is 0 Å². The fourth-order valence-electron chi connectivity index (χ4n) is 3.16. The van der Waals surface area contributed by atoms with Crippen LogP contribution in [-0.4, -0.2) is 22.6 Å². The molecule has 2 heterocycles. The maximum absolute atomic E-state index is 12.5. The van der Waals surface area contributed by atoms with Crippen molar-refractivity contribution in [2.24, 2.45) is 0 Å². The zero-order valence-corrected chi connectivity index (χ0v) is 15.5. The first-order valence-electron chi connectivity index (χ1n) is 8.87. The minimum absolute atomic E-state index is 0.120. The van der Waals surface area contributed by atoms with E-state index in [1.54, 1.807) is 25.3 Å². The van der Waals surface area contributed by atoms with Crippen LogP contribution in [0.5, 0.6) is 5.75 Å². The van der Waals surface area contributed by atoms with Crippen molar-refractivity contribution >= 4 is 27.8 Å². The predicted molar refractivity (Wildman–Crippen MR) is 105 cm³/mol. The number of nitrogens with zero attached hydrogens (tertiary/aromatic N) is 2. The number of methoxy groups -OCH3 is 1. The predicted octanol–water partition coefficient (Wildman–Crippen LogP) is 3.03. The van der Waals surface area contributed by atoms with Crippen molar-refractivity contribution in [1.82, 2.24) is 14.9 Å². The van der Waals surface area contributed by atoms with E-state index in [0.717, 1.165) is 5.39 Å². The first-order chi connectivity index (χ1) is 13.6. The standard InChI is InChI=1S/C21H19N3O4/c1-13(18-10-14-6-5-9-17(27-2)20(14)28-18)23-19(25)11-24-12-22-16-8-4-3-7-15(16)21(24)26/h3-10,12-13H,11H2,1-2H3,(H,23,25). The summed E-state index contributed by atoms with van der Waals surface area (Å²) in [5, 5.41) is 4.23. The van der Waals surface area contributed by atoms with Gasteiger partial charge in [-0.2, -0.15) is 0 Å². The van der Waals surface area contributed by atoms with Crippen molar-refractivity contribution in [1.29, 1.82) is 0 Å². The van der Waals surface area contributed by atoms with E-state index in [-0.39, 0.29) is 24.1 Å². The van der Waals surface area contributed by atoms with Gasteiger partial charge in [-0.15, -0.1) is 0 Å². The van der Waals surface area contributed by atoms with Crippen molar-refractivity contribution in [2.75, 3.05) is 7.11 Å². The molecule has 7 nitrogen and oxygen atoms in total. The van der Waals surface area contributed by atoms with Crippen LogP contribution in [0.3, 0.4) is 0 Å². The van der Waals surface area contributed by atoms with Gasteiger partial charge in [0.25, 0.3) is 5.56 Å². The molecule has 0 radical (unpaired) electrons. The number of aromatic nitrogens is 2. The number of fused-ring (bicyclic) bond motifs is 2. The summed E-state index contributed by atoms with van der Waals surface area (Å²) in [6, 6.07) is 14.2. The largest absolute Gasteiger partial charge is 0.493 e. The Balaban J connectivity index is 1.52. The van der Waals surface area contributed by atoms with Crippen LogP contribution in [0.1, 0.15) is 18.7 Å². The zero-order valence-electron chi connectivity index (χ0n) is 15.5.